The molecule has 5 nitrogen and oxygen atoms in total. The molecule has 0 aromatic heterocycles. The van der Waals surface area contributed by atoms with E-state index in [0.29, 0.717) is 11.3 Å². The maximum Gasteiger partial charge on any atom is 0.334 e. The number of carbonyl (C=O) groups is 3. The molecule has 0 saturated heterocycles. The van der Waals surface area contributed by atoms with E-state index in [0.717, 1.165) is 21.2 Å². The molecule has 6 heteroatoms. The van der Waals surface area contributed by atoms with E-state index < -0.39 is 23.2 Å². The molecule has 1 aliphatic heterocycles. The van der Waals surface area contributed by atoms with Gasteiger partial charge in [0, 0.05) is 28.8 Å². The Morgan fingerprint density at radius 1 is 0.971 bits per heavy atom. The number of amides is 2. The molecule has 3 atom stereocenters. The van der Waals surface area contributed by atoms with Crippen molar-refractivity contribution in [3.8, 4) is 0 Å². The van der Waals surface area contributed by atoms with Crippen molar-refractivity contribution in [2.24, 2.45) is 0 Å². The molecule has 0 bridgehead atoms. The highest BCUT2D eigenvalue weighted by Gasteiger charge is 2.65. The van der Waals surface area contributed by atoms with Gasteiger partial charge in [-0.1, -0.05) is 82.7 Å². The number of esters is 1. The zero-order valence-corrected chi connectivity index (χ0v) is 21.0. The molecule has 3 aromatic rings. The van der Waals surface area contributed by atoms with E-state index in [4.69, 9.17) is 4.74 Å². The predicted molar refractivity (Wildman–Crippen MR) is 137 cm³/mol. The molecule has 0 radical (unpaired) electrons. The molecule has 2 amide bonds. The smallest absolute Gasteiger partial charge is 0.334 e. The fraction of sp³-hybridized carbons (Fsp3) is 0.207. The third-order valence-corrected chi connectivity index (χ3v) is 7.41. The van der Waals surface area contributed by atoms with Crippen LogP contribution in [0.5, 0.6) is 0 Å². The van der Waals surface area contributed by atoms with Gasteiger partial charge in [-0.2, -0.15) is 0 Å². The summed E-state index contributed by atoms with van der Waals surface area (Å²) in [6.07, 6.45) is 1.87. The van der Waals surface area contributed by atoms with Gasteiger partial charge in [-0.3, -0.25) is 9.59 Å². The number of fused-ring (bicyclic) bond motifs is 2. The highest BCUT2D eigenvalue weighted by atomic mass is 79.9. The molecule has 1 heterocycles. The maximum absolute atomic E-state index is 14.5. The summed E-state index contributed by atoms with van der Waals surface area (Å²) in [5.74, 6) is -2.28. The van der Waals surface area contributed by atoms with Crippen LogP contribution in [0, 0.1) is 0 Å². The standard InChI is InChI=1S/C29H24BrNO4/c1-3-35-27(33)22-17-24(19-10-5-4-6-11-19)29(26(22)20-12-9-13-21(30)16-20)23-14-7-8-15-25(23)31(18(2)32)28(29)34/h4-17,24,26H,3H2,1-2H3/t24-,26-,29-/m0/s1. The number of hydrogen-bond donors (Lipinski definition) is 0. The summed E-state index contributed by atoms with van der Waals surface area (Å²) >= 11 is 3.55. The van der Waals surface area contributed by atoms with Crippen LogP contribution < -0.4 is 4.90 Å². The van der Waals surface area contributed by atoms with Crippen LogP contribution in [0.2, 0.25) is 0 Å². The van der Waals surface area contributed by atoms with Gasteiger partial charge in [0.15, 0.2) is 0 Å². The molecule has 0 unspecified atom stereocenters. The van der Waals surface area contributed by atoms with E-state index in [1.165, 1.54) is 11.8 Å². The maximum atomic E-state index is 14.5. The van der Waals surface area contributed by atoms with Crippen LogP contribution in [0.15, 0.2) is 95.0 Å². The lowest BCUT2D eigenvalue weighted by atomic mass is 9.62. The summed E-state index contributed by atoms with van der Waals surface area (Å²) in [6.45, 7) is 3.38. The topological polar surface area (TPSA) is 63.7 Å². The van der Waals surface area contributed by atoms with Gasteiger partial charge in [-0.05, 0) is 41.8 Å². The molecule has 1 spiro atoms. The van der Waals surface area contributed by atoms with Gasteiger partial charge >= 0.3 is 5.97 Å². The molecule has 176 valence electrons. The Bertz CT molecular complexity index is 1370. The SMILES string of the molecule is CCOC(=O)C1=C[C@@H](c2ccccc2)[C@]2(C(=O)N(C(C)=O)c3ccccc32)[C@H]1c1cccc(Br)c1. The number of rotatable bonds is 4. The number of hydrogen-bond acceptors (Lipinski definition) is 4. The monoisotopic (exact) mass is 529 g/mol. The molecule has 0 N–H and O–H groups in total. The van der Waals surface area contributed by atoms with Gasteiger partial charge in [0.25, 0.3) is 0 Å². The number of benzene rings is 3. The van der Waals surface area contributed by atoms with Crippen molar-refractivity contribution >= 4 is 39.4 Å². The number of imide groups is 1. The number of nitrogens with zero attached hydrogens (tertiary/aromatic N) is 1. The third-order valence-electron chi connectivity index (χ3n) is 6.92. The number of ether oxygens (including phenoxy) is 1. The number of halogens is 1. The molecular weight excluding hydrogens is 506 g/mol. The average molecular weight is 530 g/mol. The van der Waals surface area contributed by atoms with Crippen molar-refractivity contribution in [2.75, 3.05) is 11.5 Å². The zero-order valence-electron chi connectivity index (χ0n) is 19.4. The second-order valence-electron chi connectivity index (χ2n) is 8.76. The summed E-state index contributed by atoms with van der Waals surface area (Å²) in [5, 5.41) is 0. The van der Waals surface area contributed by atoms with Crippen molar-refractivity contribution in [3.05, 3.63) is 112 Å². The number of anilines is 1. The van der Waals surface area contributed by atoms with Gasteiger partial charge < -0.3 is 4.74 Å². The first-order valence-electron chi connectivity index (χ1n) is 11.5. The van der Waals surface area contributed by atoms with Crippen molar-refractivity contribution in [1.29, 1.82) is 0 Å². The van der Waals surface area contributed by atoms with Crippen LogP contribution in [-0.2, 0) is 24.5 Å². The molecule has 0 saturated carbocycles. The van der Waals surface area contributed by atoms with Crippen LogP contribution in [0.3, 0.4) is 0 Å². The summed E-state index contributed by atoms with van der Waals surface area (Å²) in [7, 11) is 0. The second-order valence-corrected chi connectivity index (χ2v) is 9.68. The van der Waals surface area contributed by atoms with Crippen LogP contribution in [0.4, 0.5) is 5.69 Å². The average Bonchev–Trinajstić information content (AvgIpc) is 3.34. The molecule has 0 fully saturated rings. The van der Waals surface area contributed by atoms with E-state index in [1.807, 2.05) is 78.9 Å². The molecule has 35 heavy (non-hydrogen) atoms. The van der Waals surface area contributed by atoms with Gasteiger partial charge in [0.2, 0.25) is 11.8 Å². The van der Waals surface area contributed by atoms with Crippen molar-refractivity contribution in [2.45, 2.75) is 31.1 Å². The summed E-state index contributed by atoms with van der Waals surface area (Å²) in [6, 6.07) is 24.7. The van der Waals surface area contributed by atoms with Crippen LogP contribution in [-0.4, -0.2) is 24.4 Å². The number of carbonyl (C=O) groups excluding carboxylic acids is 3. The number of para-hydroxylation sites is 1. The first kappa shape index (κ1) is 23.2. The fourth-order valence-corrected chi connectivity index (χ4v) is 6.12. The van der Waals surface area contributed by atoms with Crippen LogP contribution in [0.25, 0.3) is 0 Å². The number of allylic oxidation sites excluding steroid dienone is 1. The first-order valence-corrected chi connectivity index (χ1v) is 12.3. The van der Waals surface area contributed by atoms with E-state index in [2.05, 4.69) is 15.9 Å². The minimum absolute atomic E-state index is 0.217. The highest BCUT2D eigenvalue weighted by molar-refractivity contribution is 9.10. The van der Waals surface area contributed by atoms with E-state index in [-0.39, 0.29) is 18.4 Å². The molecule has 1 aliphatic carbocycles. The van der Waals surface area contributed by atoms with Gasteiger partial charge in [0.1, 0.15) is 0 Å². The quantitative estimate of drug-likeness (QED) is 0.409. The van der Waals surface area contributed by atoms with E-state index >= 15 is 0 Å². The largest absolute Gasteiger partial charge is 0.463 e. The van der Waals surface area contributed by atoms with Crippen LogP contribution in [0.1, 0.15) is 42.4 Å². The third kappa shape index (κ3) is 3.47. The zero-order chi connectivity index (χ0) is 24.7. The first-order chi connectivity index (χ1) is 16.9. The second kappa shape index (κ2) is 8.93. The summed E-state index contributed by atoms with van der Waals surface area (Å²) in [4.78, 5) is 42.0. The molecular formula is C29H24BrNO4. The van der Waals surface area contributed by atoms with Crippen molar-refractivity contribution < 1.29 is 19.1 Å². The minimum atomic E-state index is -1.23. The molecule has 5 rings (SSSR count). The Labute approximate surface area is 212 Å². The lowest BCUT2D eigenvalue weighted by Crippen LogP contribution is -2.48. The Kier molecular flexibility index (Phi) is 5.93. The Balaban J connectivity index is 1.87. The predicted octanol–water partition coefficient (Wildman–Crippen LogP) is 5.65. The van der Waals surface area contributed by atoms with Gasteiger partial charge in [-0.25, -0.2) is 9.69 Å². The molecule has 3 aromatic carbocycles. The normalized spacial score (nSPS) is 22.8. The van der Waals surface area contributed by atoms with Crippen LogP contribution >= 0.6 is 15.9 Å². The Morgan fingerprint density at radius 2 is 1.66 bits per heavy atom. The van der Waals surface area contributed by atoms with E-state index in [9.17, 15) is 14.4 Å². The van der Waals surface area contributed by atoms with Crippen molar-refractivity contribution in [1.82, 2.24) is 0 Å². The lowest BCUT2D eigenvalue weighted by Gasteiger charge is -2.37. The minimum Gasteiger partial charge on any atom is -0.463 e. The van der Waals surface area contributed by atoms with Gasteiger partial charge in [0.05, 0.1) is 17.7 Å². The van der Waals surface area contributed by atoms with E-state index in [1.54, 1.807) is 13.0 Å². The summed E-state index contributed by atoms with van der Waals surface area (Å²) < 4.78 is 6.31. The fourth-order valence-electron chi connectivity index (χ4n) is 5.70. The Hall–Kier alpha value is -3.51. The highest BCUT2D eigenvalue weighted by Crippen LogP contribution is 2.63. The van der Waals surface area contributed by atoms with Crippen molar-refractivity contribution in [3.63, 3.8) is 0 Å². The Morgan fingerprint density at radius 3 is 2.34 bits per heavy atom. The van der Waals surface area contributed by atoms with Gasteiger partial charge in [-0.15, -0.1) is 0 Å². The molecule has 2 aliphatic rings. The summed E-state index contributed by atoms with van der Waals surface area (Å²) in [5.41, 5.74) is 2.17. The lowest BCUT2D eigenvalue weighted by molar-refractivity contribution is -0.138.